The number of hydrogen-bond acceptors (Lipinski definition) is 6. The van der Waals surface area contributed by atoms with Gasteiger partial charge in [-0.3, -0.25) is 9.59 Å². The van der Waals surface area contributed by atoms with Crippen molar-refractivity contribution in [1.29, 1.82) is 0 Å². The zero-order valence-electron chi connectivity index (χ0n) is 15.0. The molecule has 8 heteroatoms. The number of nitrogens with zero attached hydrogens (tertiary/aromatic N) is 2. The van der Waals surface area contributed by atoms with Crippen molar-refractivity contribution in [3.05, 3.63) is 51.9 Å². The maximum atomic E-state index is 12.3. The van der Waals surface area contributed by atoms with Gasteiger partial charge in [0.25, 0.3) is 11.5 Å². The Morgan fingerprint density at radius 2 is 1.88 bits per heavy atom. The van der Waals surface area contributed by atoms with Gasteiger partial charge < -0.3 is 19.1 Å². The van der Waals surface area contributed by atoms with Crippen LogP contribution in [0.25, 0.3) is 0 Å². The first-order valence-corrected chi connectivity index (χ1v) is 7.88. The van der Waals surface area contributed by atoms with E-state index >= 15 is 0 Å². The molecule has 1 aromatic heterocycles. The maximum Gasteiger partial charge on any atom is 0.276 e. The van der Waals surface area contributed by atoms with Crippen molar-refractivity contribution >= 4 is 12.1 Å². The number of hydrazone groups is 1. The molecule has 0 fully saturated rings. The number of carbonyl (C=O) groups excluding carboxylic acids is 1. The predicted molar refractivity (Wildman–Crippen MR) is 97.4 cm³/mol. The molecular weight excluding hydrogens is 338 g/mol. The van der Waals surface area contributed by atoms with Gasteiger partial charge in [-0.2, -0.15) is 5.10 Å². The van der Waals surface area contributed by atoms with E-state index in [1.54, 1.807) is 12.3 Å². The summed E-state index contributed by atoms with van der Waals surface area (Å²) in [6.07, 6.45) is 2.98. The maximum absolute atomic E-state index is 12.3. The summed E-state index contributed by atoms with van der Waals surface area (Å²) >= 11 is 0. The Labute approximate surface area is 150 Å². The van der Waals surface area contributed by atoms with Crippen LogP contribution in [-0.4, -0.2) is 36.0 Å². The van der Waals surface area contributed by atoms with Crippen LogP contribution >= 0.6 is 0 Å². The van der Waals surface area contributed by atoms with E-state index in [2.05, 4.69) is 10.5 Å². The Morgan fingerprint density at radius 3 is 2.42 bits per heavy atom. The first-order chi connectivity index (χ1) is 12.4. The third-order valence-corrected chi connectivity index (χ3v) is 3.66. The second kappa shape index (κ2) is 8.19. The summed E-state index contributed by atoms with van der Waals surface area (Å²) in [5, 5.41) is 13.7. The van der Waals surface area contributed by atoms with Gasteiger partial charge in [-0.15, -0.1) is 0 Å². The fourth-order valence-electron chi connectivity index (χ4n) is 2.30. The van der Waals surface area contributed by atoms with Crippen LogP contribution in [0, 0.1) is 0 Å². The number of benzene rings is 1. The summed E-state index contributed by atoms with van der Waals surface area (Å²) in [7, 11) is 2.82. The zero-order chi connectivity index (χ0) is 19.3. The van der Waals surface area contributed by atoms with Crippen LogP contribution in [0.15, 0.2) is 40.4 Å². The molecule has 0 saturated carbocycles. The second-order valence-corrected chi connectivity index (χ2v) is 5.70. The SMILES string of the molecule is COc1cc(/C=N\NC(=O)c2cccn(C(C)C)c2=O)cc(OC)c1O. The minimum Gasteiger partial charge on any atom is -0.502 e. The summed E-state index contributed by atoms with van der Waals surface area (Å²) in [6.45, 7) is 3.71. The molecule has 2 aromatic rings. The molecule has 138 valence electrons. The zero-order valence-corrected chi connectivity index (χ0v) is 15.0. The lowest BCUT2D eigenvalue weighted by atomic mass is 10.2. The van der Waals surface area contributed by atoms with Crippen LogP contribution in [0.3, 0.4) is 0 Å². The van der Waals surface area contributed by atoms with E-state index in [-0.39, 0.29) is 34.4 Å². The number of carbonyl (C=O) groups is 1. The lowest BCUT2D eigenvalue weighted by molar-refractivity contribution is 0.0953. The normalized spacial score (nSPS) is 11.0. The highest BCUT2D eigenvalue weighted by atomic mass is 16.5. The number of aromatic hydroxyl groups is 1. The predicted octanol–water partition coefficient (Wildman–Crippen LogP) is 1.92. The van der Waals surface area contributed by atoms with Crippen LogP contribution in [0.4, 0.5) is 0 Å². The minimum atomic E-state index is -0.612. The molecule has 0 aliphatic heterocycles. The highest BCUT2D eigenvalue weighted by molar-refractivity contribution is 5.94. The number of ether oxygens (including phenoxy) is 2. The van der Waals surface area contributed by atoms with E-state index < -0.39 is 5.91 Å². The second-order valence-electron chi connectivity index (χ2n) is 5.70. The van der Waals surface area contributed by atoms with Gasteiger partial charge >= 0.3 is 0 Å². The third kappa shape index (κ3) is 4.02. The Bertz CT molecular complexity index is 862. The average molecular weight is 359 g/mol. The van der Waals surface area contributed by atoms with E-state index in [1.165, 1.54) is 43.2 Å². The number of nitrogens with one attached hydrogen (secondary N) is 1. The molecule has 0 aliphatic carbocycles. The van der Waals surface area contributed by atoms with Crippen molar-refractivity contribution in [3.63, 3.8) is 0 Å². The number of rotatable bonds is 6. The molecule has 0 bridgehead atoms. The Balaban J connectivity index is 2.20. The van der Waals surface area contributed by atoms with Gasteiger partial charge in [0.05, 0.1) is 20.4 Å². The topological polar surface area (TPSA) is 102 Å². The molecule has 0 spiro atoms. The van der Waals surface area contributed by atoms with E-state index in [0.29, 0.717) is 5.56 Å². The van der Waals surface area contributed by atoms with Gasteiger partial charge in [0.1, 0.15) is 5.56 Å². The largest absolute Gasteiger partial charge is 0.502 e. The minimum absolute atomic E-state index is 0.000725. The van der Waals surface area contributed by atoms with Gasteiger partial charge in [0.15, 0.2) is 11.5 Å². The fourth-order valence-corrected chi connectivity index (χ4v) is 2.30. The molecule has 8 nitrogen and oxygen atoms in total. The Morgan fingerprint density at radius 1 is 1.27 bits per heavy atom. The van der Waals surface area contributed by atoms with Crippen molar-refractivity contribution < 1.29 is 19.4 Å². The third-order valence-electron chi connectivity index (χ3n) is 3.66. The van der Waals surface area contributed by atoms with Gasteiger partial charge in [-0.05, 0) is 38.1 Å². The standard InChI is InChI=1S/C18H21N3O5/c1-11(2)21-7-5-6-13(18(21)24)17(23)20-19-10-12-8-14(25-3)16(22)15(9-12)26-4/h5-11,22H,1-4H3,(H,20,23)/b19-10-. The van der Waals surface area contributed by atoms with E-state index in [4.69, 9.17) is 9.47 Å². The van der Waals surface area contributed by atoms with Gasteiger partial charge in [0.2, 0.25) is 5.75 Å². The molecular formula is C18H21N3O5. The van der Waals surface area contributed by atoms with Crippen molar-refractivity contribution in [2.24, 2.45) is 5.10 Å². The molecule has 1 aromatic carbocycles. The summed E-state index contributed by atoms with van der Waals surface area (Å²) in [6, 6.07) is 6.08. The van der Waals surface area contributed by atoms with Crippen LogP contribution in [0.1, 0.15) is 35.8 Å². The van der Waals surface area contributed by atoms with Crippen LogP contribution in [0.2, 0.25) is 0 Å². The van der Waals surface area contributed by atoms with Gasteiger partial charge in [-0.1, -0.05) is 0 Å². The highest BCUT2D eigenvalue weighted by Crippen LogP contribution is 2.36. The molecule has 2 rings (SSSR count). The lowest BCUT2D eigenvalue weighted by Gasteiger charge is -2.10. The number of aromatic nitrogens is 1. The summed E-state index contributed by atoms with van der Waals surface area (Å²) in [5.74, 6) is -0.325. The summed E-state index contributed by atoms with van der Waals surface area (Å²) < 4.78 is 11.6. The molecule has 26 heavy (non-hydrogen) atoms. The number of hydrogen-bond donors (Lipinski definition) is 2. The molecule has 0 saturated heterocycles. The monoisotopic (exact) mass is 359 g/mol. The fraction of sp³-hybridized carbons (Fsp3) is 0.278. The van der Waals surface area contributed by atoms with E-state index in [9.17, 15) is 14.7 Å². The molecule has 1 amide bonds. The lowest BCUT2D eigenvalue weighted by Crippen LogP contribution is -2.31. The smallest absolute Gasteiger partial charge is 0.276 e. The number of phenols is 1. The number of methoxy groups -OCH3 is 2. The highest BCUT2D eigenvalue weighted by Gasteiger charge is 2.13. The number of amides is 1. The number of pyridine rings is 1. The first-order valence-electron chi connectivity index (χ1n) is 7.88. The Kier molecular flexibility index (Phi) is 6.00. The van der Waals surface area contributed by atoms with Crippen molar-refractivity contribution in [2.75, 3.05) is 14.2 Å². The average Bonchev–Trinajstić information content (AvgIpc) is 2.62. The van der Waals surface area contributed by atoms with Crippen LogP contribution < -0.4 is 20.5 Å². The quantitative estimate of drug-likeness (QED) is 0.606. The van der Waals surface area contributed by atoms with Gasteiger partial charge in [0, 0.05) is 17.8 Å². The number of phenolic OH excluding ortho intramolecular Hbond substituents is 1. The van der Waals surface area contributed by atoms with Crippen molar-refractivity contribution in [3.8, 4) is 17.2 Å². The van der Waals surface area contributed by atoms with Crippen LogP contribution in [-0.2, 0) is 0 Å². The van der Waals surface area contributed by atoms with E-state index in [0.717, 1.165) is 0 Å². The molecule has 2 N–H and O–H groups in total. The molecule has 0 unspecified atom stereocenters. The summed E-state index contributed by atoms with van der Waals surface area (Å²) in [5.41, 5.74) is 2.46. The molecule has 0 radical (unpaired) electrons. The molecule has 0 atom stereocenters. The Hall–Kier alpha value is -3.29. The first kappa shape index (κ1) is 19.0. The van der Waals surface area contributed by atoms with Crippen molar-refractivity contribution in [1.82, 2.24) is 9.99 Å². The molecule has 0 aliphatic rings. The van der Waals surface area contributed by atoms with Crippen LogP contribution in [0.5, 0.6) is 17.2 Å². The van der Waals surface area contributed by atoms with Gasteiger partial charge in [-0.25, -0.2) is 5.43 Å². The summed E-state index contributed by atoms with van der Waals surface area (Å²) in [4.78, 5) is 24.5. The van der Waals surface area contributed by atoms with Crippen molar-refractivity contribution in [2.45, 2.75) is 19.9 Å². The van der Waals surface area contributed by atoms with E-state index in [1.807, 2.05) is 13.8 Å². The molecule has 1 heterocycles.